The smallest absolute Gasteiger partial charge is 0.328 e. The number of methoxy groups -OCH3 is 1. The molecule has 0 aliphatic carbocycles. The van der Waals surface area contributed by atoms with E-state index < -0.39 is 24.0 Å². The van der Waals surface area contributed by atoms with Gasteiger partial charge >= 0.3 is 11.9 Å². The fourth-order valence-corrected chi connectivity index (χ4v) is 7.60. The Balaban J connectivity index is 0.856. The van der Waals surface area contributed by atoms with E-state index in [1.54, 1.807) is 78.9 Å². The fourth-order valence-electron chi connectivity index (χ4n) is 7.60. The van der Waals surface area contributed by atoms with Crippen molar-refractivity contribution in [3.05, 3.63) is 209 Å². The molecule has 0 aliphatic rings. The van der Waals surface area contributed by atoms with Crippen LogP contribution in [0.25, 0.3) is 0 Å². The maximum Gasteiger partial charge on any atom is 0.328 e. The Morgan fingerprint density at radius 3 is 1.36 bits per heavy atom. The molecular formula is C56H55N5O8. The Morgan fingerprint density at radius 1 is 0.522 bits per heavy atom. The van der Waals surface area contributed by atoms with Crippen LogP contribution >= 0.6 is 0 Å². The van der Waals surface area contributed by atoms with Crippen molar-refractivity contribution in [2.24, 2.45) is 0 Å². The monoisotopic (exact) mass is 925 g/mol. The van der Waals surface area contributed by atoms with Crippen LogP contribution in [0.2, 0.25) is 0 Å². The molecule has 0 radical (unpaired) electrons. The maximum atomic E-state index is 13.3. The van der Waals surface area contributed by atoms with Crippen LogP contribution in [0.1, 0.15) is 43.0 Å². The van der Waals surface area contributed by atoms with Gasteiger partial charge in [-0.3, -0.25) is 9.59 Å². The molecule has 2 atom stereocenters. The number of ketones is 2. The Bertz CT molecular complexity index is 2810. The standard InChI is InChI=1S/C56H55N5O8/c1-60(33-35-68-43-29-25-39(26-30-43)37-49(55(64)65)57-47-21-12-10-19-45(47)53(62)41-15-6-4-7-16-41)51-23-14-24-52(59-51)61(2)34-36-69-44-31-27-40(28-32-44)38-50(56(66)67-3)58-48-22-13-11-20-46(48)54(63)42-17-8-5-9-18-42/h4-32,49-50,57-58H,33-38H2,1-3H3,(H,64,65). The third kappa shape index (κ3) is 13.3. The van der Waals surface area contributed by atoms with Crippen LogP contribution in [-0.4, -0.2) is 93.2 Å². The second-order valence-electron chi connectivity index (χ2n) is 16.3. The number of hydrogen-bond acceptors (Lipinski definition) is 12. The molecule has 0 amide bonds. The number of rotatable bonds is 24. The van der Waals surface area contributed by atoms with Crippen LogP contribution in [0, 0.1) is 0 Å². The molecule has 6 aromatic carbocycles. The Morgan fingerprint density at radius 2 is 0.928 bits per heavy atom. The van der Waals surface area contributed by atoms with Gasteiger partial charge < -0.3 is 39.8 Å². The lowest BCUT2D eigenvalue weighted by Crippen LogP contribution is -2.33. The number of esters is 1. The van der Waals surface area contributed by atoms with E-state index in [-0.39, 0.29) is 18.0 Å². The number of para-hydroxylation sites is 2. The zero-order chi connectivity index (χ0) is 48.5. The molecule has 2 unspecified atom stereocenters. The molecule has 0 saturated heterocycles. The number of aromatic nitrogens is 1. The van der Waals surface area contributed by atoms with Crippen LogP contribution in [-0.2, 0) is 27.2 Å². The summed E-state index contributed by atoms with van der Waals surface area (Å²) in [5, 5.41) is 16.4. The number of hydrogen-bond donors (Lipinski definition) is 3. The minimum absolute atomic E-state index is 0.144. The van der Waals surface area contributed by atoms with Crippen molar-refractivity contribution < 1.29 is 38.5 Å². The van der Waals surface area contributed by atoms with Gasteiger partial charge in [-0.2, -0.15) is 0 Å². The van der Waals surface area contributed by atoms with Gasteiger partial charge in [0.05, 0.1) is 20.2 Å². The molecule has 0 bridgehead atoms. The first-order chi connectivity index (χ1) is 33.6. The van der Waals surface area contributed by atoms with E-state index in [9.17, 15) is 24.3 Å². The molecule has 1 aromatic heterocycles. The van der Waals surface area contributed by atoms with Gasteiger partial charge in [0.1, 0.15) is 48.4 Å². The number of carbonyl (C=O) groups excluding carboxylic acids is 3. The molecule has 0 spiro atoms. The summed E-state index contributed by atoms with van der Waals surface area (Å²) in [5.41, 5.74) is 4.64. The van der Waals surface area contributed by atoms with Crippen LogP contribution in [0.15, 0.2) is 176 Å². The first kappa shape index (κ1) is 48.5. The van der Waals surface area contributed by atoms with E-state index >= 15 is 0 Å². The summed E-state index contributed by atoms with van der Waals surface area (Å²) in [6, 6.07) is 51.0. The predicted molar refractivity (Wildman–Crippen MR) is 269 cm³/mol. The second kappa shape index (κ2) is 23.8. The predicted octanol–water partition coefficient (Wildman–Crippen LogP) is 8.88. The number of nitrogens with zero attached hydrogens (tertiary/aromatic N) is 3. The largest absolute Gasteiger partial charge is 0.492 e. The van der Waals surface area contributed by atoms with Crippen molar-refractivity contribution in [1.82, 2.24) is 4.98 Å². The number of nitrogens with one attached hydrogen (secondary N) is 2. The van der Waals surface area contributed by atoms with Gasteiger partial charge in [0, 0.05) is 60.6 Å². The van der Waals surface area contributed by atoms with Gasteiger partial charge in [0.2, 0.25) is 0 Å². The van der Waals surface area contributed by atoms with Crippen molar-refractivity contribution in [3.8, 4) is 11.5 Å². The minimum Gasteiger partial charge on any atom is -0.492 e. The molecule has 7 rings (SSSR count). The molecule has 13 nitrogen and oxygen atoms in total. The summed E-state index contributed by atoms with van der Waals surface area (Å²) in [6.07, 6.45) is 0.520. The van der Waals surface area contributed by atoms with Gasteiger partial charge in [-0.15, -0.1) is 0 Å². The molecule has 1 heterocycles. The molecule has 13 heteroatoms. The lowest BCUT2D eigenvalue weighted by molar-refractivity contribution is -0.141. The normalized spacial score (nSPS) is 11.6. The highest BCUT2D eigenvalue weighted by atomic mass is 16.5. The Labute approximate surface area is 402 Å². The minimum atomic E-state index is -1.03. The van der Waals surface area contributed by atoms with Gasteiger partial charge in [-0.05, 0) is 71.8 Å². The average Bonchev–Trinajstić information content (AvgIpc) is 3.39. The number of carboxylic acids is 1. The molecule has 3 N–H and O–H groups in total. The van der Waals surface area contributed by atoms with E-state index in [2.05, 4.69) is 10.6 Å². The topological polar surface area (TPSA) is 160 Å². The van der Waals surface area contributed by atoms with E-state index in [4.69, 9.17) is 19.2 Å². The van der Waals surface area contributed by atoms with E-state index in [1.165, 1.54) is 7.11 Å². The fraction of sp³-hybridized carbons (Fsp3) is 0.196. The summed E-state index contributed by atoms with van der Waals surface area (Å²) in [5.74, 6) is 1.09. The highest BCUT2D eigenvalue weighted by Crippen LogP contribution is 2.25. The van der Waals surface area contributed by atoms with E-state index in [0.717, 1.165) is 22.8 Å². The van der Waals surface area contributed by atoms with Crippen molar-refractivity contribution in [3.63, 3.8) is 0 Å². The van der Waals surface area contributed by atoms with Crippen LogP contribution in [0.4, 0.5) is 23.0 Å². The maximum absolute atomic E-state index is 13.3. The van der Waals surface area contributed by atoms with Crippen molar-refractivity contribution in [2.45, 2.75) is 24.9 Å². The summed E-state index contributed by atoms with van der Waals surface area (Å²) < 4.78 is 17.3. The number of likely N-dealkylation sites (N-methyl/N-ethyl adjacent to an activating group) is 2. The number of pyridine rings is 1. The van der Waals surface area contributed by atoms with Crippen molar-refractivity contribution in [2.75, 3.05) is 67.9 Å². The molecule has 7 aromatic rings. The summed E-state index contributed by atoms with van der Waals surface area (Å²) in [4.78, 5) is 60.7. The first-order valence-corrected chi connectivity index (χ1v) is 22.6. The highest BCUT2D eigenvalue weighted by Gasteiger charge is 2.24. The third-order valence-electron chi connectivity index (χ3n) is 11.5. The number of ether oxygens (including phenoxy) is 3. The molecule has 0 aliphatic heterocycles. The summed E-state index contributed by atoms with van der Waals surface area (Å²) >= 11 is 0. The van der Waals surface area contributed by atoms with Crippen LogP contribution < -0.4 is 29.9 Å². The van der Waals surface area contributed by atoms with Crippen molar-refractivity contribution in [1.29, 1.82) is 0 Å². The lowest BCUT2D eigenvalue weighted by atomic mass is 10.00. The number of anilines is 4. The number of carbonyl (C=O) groups is 4. The van der Waals surface area contributed by atoms with Gasteiger partial charge in [-0.25, -0.2) is 14.6 Å². The third-order valence-corrected chi connectivity index (χ3v) is 11.5. The first-order valence-electron chi connectivity index (χ1n) is 22.6. The van der Waals surface area contributed by atoms with Crippen LogP contribution in [0.5, 0.6) is 11.5 Å². The van der Waals surface area contributed by atoms with E-state index in [1.807, 2.05) is 121 Å². The summed E-state index contributed by atoms with van der Waals surface area (Å²) in [6.45, 7) is 1.92. The van der Waals surface area contributed by atoms with Crippen molar-refractivity contribution >= 4 is 46.5 Å². The highest BCUT2D eigenvalue weighted by molar-refractivity contribution is 6.13. The number of benzene rings is 6. The number of carboxylic acid groups (broad SMARTS) is 1. The molecule has 0 saturated carbocycles. The van der Waals surface area contributed by atoms with Gasteiger partial charge in [0.15, 0.2) is 11.6 Å². The molecule has 0 fully saturated rings. The SMILES string of the molecule is COC(=O)C(Cc1ccc(OCCN(C)c2cccc(N(C)CCOc3ccc(CC(Nc4ccccc4C(=O)c4ccccc4)C(=O)O)cc3)n2)cc1)Nc1ccccc1C(=O)c1ccccc1. The average molecular weight is 926 g/mol. The van der Waals surface area contributed by atoms with Gasteiger partial charge in [0.25, 0.3) is 0 Å². The zero-order valence-corrected chi connectivity index (χ0v) is 38.8. The summed E-state index contributed by atoms with van der Waals surface area (Å²) in [7, 11) is 5.25. The lowest BCUT2D eigenvalue weighted by Gasteiger charge is -2.23. The second-order valence-corrected chi connectivity index (χ2v) is 16.3. The Kier molecular flexibility index (Phi) is 16.7. The quantitative estimate of drug-likeness (QED) is 0.0390. The van der Waals surface area contributed by atoms with Crippen LogP contribution in [0.3, 0.4) is 0 Å². The van der Waals surface area contributed by atoms with E-state index in [0.29, 0.717) is 77.9 Å². The molecule has 352 valence electrons. The van der Waals surface area contributed by atoms with Gasteiger partial charge in [-0.1, -0.05) is 115 Å². The Hall–Kier alpha value is -8.45. The number of aliphatic carboxylic acids is 1. The molecular weight excluding hydrogens is 871 g/mol. The zero-order valence-electron chi connectivity index (χ0n) is 38.8. The molecule has 69 heavy (non-hydrogen) atoms.